The van der Waals surface area contributed by atoms with Crippen molar-refractivity contribution in [1.29, 1.82) is 0 Å². The number of hydrogen-bond acceptors (Lipinski definition) is 2. The minimum absolute atomic E-state index is 0.302. The van der Waals surface area contributed by atoms with Crippen molar-refractivity contribution in [1.82, 2.24) is 4.90 Å². The predicted molar refractivity (Wildman–Crippen MR) is 67.0 cm³/mol. The third kappa shape index (κ3) is 3.78. The molecule has 0 spiro atoms. The molecule has 2 N–H and O–H groups in total. The van der Waals surface area contributed by atoms with E-state index >= 15 is 0 Å². The molecule has 0 saturated carbocycles. The fraction of sp³-hybridized carbons (Fsp3) is 0.923. The van der Waals surface area contributed by atoms with E-state index in [0.29, 0.717) is 36.6 Å². The highest BCUT2D eigenvalue weighted by molar-refractivity contribution is 5.76. The third-order valence-electron chi connectivity index (χ3n) is 3.60. The highest BCUT2D eigenvalue weighted by atomic mass is 16.2. The van der Waals surface area contributed by atoms with Crippen molar-refractivity contribution in [2.24, 2.45) is 23.5 Å². The van der Waals surface area contributed by atoms with Crippen molar-refractivity contribution in [2.75, 3.05) is 19.6 Å². The summed E-state index contributed by atoms with van der Waals surface area (Å²) in [5.74, 6) is 1.95. The van der Waals surface area contributed by atoms with Gasteiger partial charge in [0.15, 0.2) is 0 Å². The lowest BCUT2D eigenvalue weighted by Crippen LogP contribution is -2.43. The van der Waals surface area contributed by atoms with Crippen LogP contribution in [0.15, 0.2) is 0 Å². The summed E-state index contributed by atoms with van der Waals surface area (Å²) in [6.45, 7) is 9.06. The number of carbonyl (C=O) groups excluding carboxylic acids is 1. The molecule has 1 rings (SSSR count). The van der Waals surface area contributed by atoms with Gasteiger partial charge >= 0.3 is 0 Å². The lowest BCUT2D eigenvalue weighted by atomic mass is 9.91. The molecule has 0 aliphatic carbocycles. The van der Waals surface area contributed by atoms with Gasteiger partial charge in [0.05, 0.1) is 0 Å². The van der Waals surface area contributed by atoms with Gasteiger partial charge in [-0.2, -0.15) is 0 Å². The molecule has 94 valence electrons. The number of nitrogens with two attached hydrogens (primary N) is 1. The van der Waals surface area contributed by atoms with Gasteiger partial charge < -0.3 is 10.6 Å². The van der Waals surface area contributed by atoms with Gasteiger partial charge in [-0.3, -0.25) is 4.79 Å². The third-order valence-corrected chi connectivity index (χ3v) is 3.60. The SMILES string of the molecule is CCC(CN)CC(=O)N1CC(C)CC(C)C1. The van der Waals surface area contributed by atoms with E-state index in [1.807, 2.05) is 4.90 Å². The Labute approximate surface area is 99.4 Å². The zero-order valence-electron chi connectivity index (χ0n) is 10.9. The summed E-state index contributed by atoms with van der Waals surface area (Å²) in [4.78, 5) is 14.1. The molecule has 16 heavy (non-hydrogen) atoms. The van der Waals surface area contributed by atoms with Crippen molar-refractivity contribution in [3.63, 3.8) is 0 Å². The quantitative estimate of drug-likeness (QED) is 0.795. The number of nitrogens with zero attached hydrogens (tertiary/aromatic N) is 1. The predicted octanol–water partition coefficient (Wildman–Crippen LogP) is 1.87. The lowest BCUT2D eigenvalue weighted by molar-refractivity contribution is -0.134. The molecule has 0 aromatic rings. The van der Waals surface area contributed by atoms with Crippen molar-refractivity contribution in [3.8, 4) is 0 Å². The van der Waals surface area contributed by atoms with E-state index in [-0.39, 0.29) is 0 Å². The molecular weight excluding hydrogens is 200 g/mol. The van der Waals surface area contributed by atoms with Crippen LogP contribution < -0.4 is 5.73 Å². The van der Waals surface area contributed by atoms with Crippen molar-refractivity contribution >= 4 is 5.91 Å². The highest BCUT2D eigenvalue weighted by Gasteiger charge is 2.26. The summed E-state index contributed by atoms with van der Waals surface area (Å²) in [6.07, 6.45) is 2.88. The summed E-state index contributed by atoms with van der Waals surface area (Å²) in [6, 6.07) is 0. The summed E-state index contributed by atoms with van der Waals surface area (Å²) < 4.78 is 0. The molecule has 1 fully saturated rings. The van der Waals surface area contributed by atoms with E-state index in [1.54, 1.807) is 0 Å². The standard InChI is InChI=1S/C13H26N2O/c1-4-12(7-14)6-13(16)15-8-10(2)5-11(3)9-15/h10-12H,4-9,14H2,1-3H3. The molecule has 3 nitrogen and oxygen atoms in total. The molecule has 0 radical (unpaired) electrons. The van der Waals surface area contributed by atoms with Crippen LogP contribution in [-0.2, 0) is 4.79 Å². The molecule has 1 aliphatic heterocycles. The Hall–Kier alpha value is -0.570. The minimum atomic E-state index is 0.302. The number of hydrogen-bond donors (Lipinski definition) is 1. The zero-order chi connectivity index (χ0) is 12.1. The average molecular weight is 226 g/mol. The molecule has 3 atom stereocenters. The van der Waals surface area contributed by atoms with Gasteiger partial charge in [-0.05, 0) is 30.7 Å². The largest absolute Gasteiger partial charge is 0.342 e. The van der Waals surface area contributed by atoms with Gasteiger partial charge in [0, 0.05) is 19.5 Å². The number of piperidine rings is 1. The molecule has 3 unspecified atom stereocenters. The van der Waals surface area contributed by atoms with E-state index in [2.05, 4.69) is 20.8 Å². The summed E-state index contributed by atoms with van der Waals surface area (Å²) in [7, 11) is 0. The van der Waals surface area contributed by atoms with E-state index in [4.69, 9.17) is 5.73 Å². The second kappa shape index (κ2) is 6.24. The van der Waals surface area contributed by atoms with Crippen LogP contribution in [0.5, 0.6) is 0 Å². The van der Waals surface area contributed by atoms with Gasteiger partial charge in [-0.1, -0.05) is 27.2 Å². The monoisotopic (exact) mass is 226 g/mol. The van der Waals surface area contributed by atoms with Crippen LogP contribution in [-0.4, -0.2) is 30.4 Å². The molecule has 3 heteroatoms. The smallest absolute Gasteiger partial charge is 0.222 e. The topological polar surface area (TPSA) is 46.3 Å². The van der Waals surface area contributed by atoms with Gasteiger partial charge in [-0.25, -0.2) is 0 Å². The lowest BCUT2D eigenvalue weighted by Gasteiger charge is -2.35. The van der Waals surface area contributed by atoms with Crippen molar-refractivity contribution < 1.29 is 4.79 Å². The molecule has 1 amide bonds. The van der Waals surface area contributed by atoms with Crippen LogP contribution in [0.4, 0.5) is 0 Å². The molecule has 1 saturated heterocycles. The van der Waals surface area contributed by atoms with Crippen LogP contribution in [0.3, 0.4) is 0 Å². The van der Waals surface area contributed by atoms with E-state index in [1.165, 1.54) is 6.42 Å². The normalized spacial score (nSPS) is 27.9. The maximum absolute atomic E-state index is 12.1. The Balaban J connectivity index is 2.46. The Morgan fingerprint density at radius 2 is 1.94 bits per heavy atom. The highest BCUT2D eigenvalue weighted by Crippen LogP contribution is 2.22. The summed E-state index contributed by atoms with van der Waals surface area (Å²) >= 11 is 0. The Kier molecular flexibility index (Phi) is 5.26. The fourth-order valence-electron chi connectivity index (χ4n) is 2.64. The minimum Gasteiger partial charge on any atom is -0.342 e. The Morgan fingerprint density at radius 1 is 1.38 bits per heavy atom. The maximum Gasteiger partial charge on any atom is 0.222 e. The van der Waals surface area contributed by atoms with Crippen LogP contribution in [0, 0.1) is 17.8 Å². The zero-order valence-corrected chi connectivity index (χ0v) is 10.9. The van der Waals surface area contributed by atoms with Crippen LogP contribution in [0.1, 0.15) is 40.0 Å². The number of likely N-dealkylation sites (tertiary alicyclic amines) is 1. The average Bonchev–Trinajstić information content (AvgIpc) is 2.24. The van der Waals surface area contributed by atoms with E-state index < -0.39 is 0 Å². The van der Waals surface area contributed by atoms with E-state index in [0.717, 1.165) is 19.5 Å². The molecule has 1 aliphatic rings. The number of carbonyl (C=O) groups is 1. The number of rotatable bonds is 4. The molecule has 1 heterocycles. The van der Waals surface area contributed by atoms with Crippen LogP contribution in [0.25, 0.3) is 0 Å². The number of amides is 1. The second-order valence-corrected chi connectivity index (χ2v) is 5.46. The fourth-order valence-corrected chi connectivity index (χ4v) is 2.64. The van der Waals surface area contributed by atoms with E-state index in [9.17, 15) is 4.79 Å². The van der Waals surface area contributed by atoms with Gasteiger partial charge in [0.2, 0.25) is 5.91 Å². The maximum atomic E-state index is 12.1. The molecular formula is C13H26N2O. The summed E-state index contributed by atoms with van der Waals surface area (Å²) in [5, 5.41) is 0. The molecule has 0 bridgehead atoms. The van der Waals surface area contributed by atoms with Gasteiger partial charge in [0.1, 0.15) is 0 Å². The first-order valence-corrected chi connectivity index (χ1v) is 6.54. The Bertz CT molecular complexity index is 216. The van der Waals surface area contributed by atoms with Gasteiger partial charge in [-0.15, -0.1) is 0 Å². The van der Waals surface area contributed by atoms with Crippen molar-refractivity contribution in [2.45, 2.75) is 40.0 Å². The van der Waals surface area contributed by atoms with Gasteiger partial charge in [0.25, 0.3) is 0 Å². The van der Waals surface area contributed by atoms with Crippen molar-refractivity contribution in [3.05, 3.63) is 0 Å². The van der Waals surface area contributed by atoms with Crippen LogP contribution >= 0.6 is 0 Å². The first-order valence-electron chi connectivity index (χ1n) is 6.54. The molecule has 0 aromatic carbocycles. The second-order valence-electron chi connectivity index (χ2n) is 5.46. The Morgan fingerprint density at radius 3 is 2.38 bits per heavy atom. The first kappa shape index (κ1) is 13.5. The van der Waals surface area contributed by atoms with Crippen LogP contribution in [0.2, 0.25) is 0 Å². The first-order chi connectivity index (χ1) is 7.56. The summed E-state index contributed by atoms with van der Waals surface area (Å²) in [5.41, 5.74) is 5.64. The molecule has 0 aromatic heterocycles.